The molecular weight excluding hydrogens is 192 g/mol. The van der Waals surface area contributed by atoms with Crippen molar-refractivity contribution in [2.24, 2.45) is 5.73 Å². The molecule has 0 aliphatic carbocycles. The van der Waals surface area contributed by atoms with E-state index < -0.39 is 6.04 Å². The highest BCUT2D eigenvalue weighted by Crippen LogP contribution is 1.95. The van der Waals surface area contributed by atoms with Crippen molar-refractivity contribution in [3.8, 4) is 0 Å². The van der Waals surface area contributed by atoms with E-state index in [9.17, 15) is 4.79 Å². The van der Waals surface area contributed by atoms with Gasteiger partial charge in [-0.25, -0.2) is 0 Å². The van der Waals surface area contributed by atoms with Crippen molar-refractivity contribution >= 4 is 5.91 Å². The molecule has 15 heavy (non-hydrogen) atoms. The van der Waals surface area contributed by atoms with Crippen LogP contribution in [0.1, 0.15) is 26.2 Å². The van der Waals surface area contributed by atoms with E-state index in [1.807, 2.05) is 19.1 Å². The maximum atomic E-state index is 11.4. The van der Waals surface area contributed by atoms with Crippen molar-refractivity contribution in [2.45, 2.75) is 32.2 Å². The molecule has 0 saturated carbocycles. The lowest BCUT2D eigenvalue weighted by Crippen LogP contribution is -2.40. The minimum atomic E-state index is -0.411. The second kappa shape index (κ2) is 9.68. The lowest BCUT2D eigenvalue weighted by molar-refractivity contribution is -0.122. The van der Waals surface area contributed by atoms with Gasteiger partial charge < -0.3 is 15.8 Å². The fourth-order valence-electron chi connectivity index (χ4n) is 1.16. The molecule has 0 aliphatic heterocycles. The highest BCUT2D eigenvalue weighted by atomic mass is 16.5. The Kier molecular flexibility index (Phi) is 9.11. The highest BCUT2D eigenvalue weighted by Gasteiger charge is 2.11. The lowest BCUT2D eigenvalue weighted by atomic mass is 10.1. The van der Waals surface area contributed by atoms with E-state index in [0.29, 0.717) is 19.6 Å². The molecule has 0 radical (unpaired) electrons. The van der Waals surface area contributed by atoms with Crippen LogP contribution in [0, 0.1) is 0 Å². The first kappa shape index (κ1) is 14.1. The Labute approximate surface area is 91.9 Å². The number of hydrogen-bond acceptors (Lipinski definition) is 3. The van der Waals surface area contributed by atoms with Crippen LogP contribution in [-0.2, 0) is 9.53 Å². The zero-order chi connectivity index (χ0) is 11.5. The Morgan fingerprint density at radius 3 is 2.93 bits per heavy atom. The van der Waals surface area contributed by atoms with Gasteiger partial charge in [0.2, 0.25) is 5.91 Å². The van der Waals surface area contributed by atoms with Crippen LogP contribution in [0.3, 0.4) is 0 Å². The molecule has 4 nitrogen and oxygen atoms in total. The molecule has 0 aromatic heterocycles. The van der Waals surface area contributed by atoms with Crippen molar-refractivity contribution < 1.29 is 9.53 Å². The van der Waals surface area contributed by atoms with Crippen molar-refractivity contribution in [1.82, 2.24) is 5.32 Å². The Hall–Kier alpha value is -0.870. The second-order valence-electron chi connectivity index (χ2n) is 3.39. The van der Waals surface area contributed by atoms with Gasteiger partial charge in [-0.3, -0.25) is 4.79 Å². The molecule has 0 spiro atoms. The molecule has 0 heterocycles. The van der Waals surface area contributed by atoms with E-state index in [1.54, 1.807) is 7.11 Å². The number of hydrogen-bond donors (Lipinski definition) is 2. The Morgan fingerprint density at radius 1 is 1.60 bits per heavy atom. The van der Waals surface area contributed by atoms with Crippen LogP contribution >= 0.6 is 0 Å². The van der Waals surface area contributed by atoms with E-state index in [-0.39, 0.29) is 5.91 Å². The first-order valence-corrected chi connectivity index (χ1v) is 5.35. The number of nitrogens with two attached hydrogens (primary N) is 1. The molecule has 88 valence electrons. The summed E-state index contributed by atoms with van der Waals surface area (Å²) in [6.45, 7) is 3.26. The van der Waals surface area contributed by atoms with E-state index in [2.05, 4.69) is 5.32 Å². The molecule has 0 bridgehead atoms. The number of ether oxygens (including phenoxy) is 1. The molecule has 4 heteroatoms. The van der Waals surface area contributed by atoms with Gasteiger partial charge in [0.05, 0.1) is 6.04 Å². The molecule has 0 saturated heterocycles. The third kappa shape index (κ3) is 8.15. The summed E-state index contributed by atoms with van der Waals surface area (Å²) >= 11 is 0. The molecule has 0 fully saturated rings. The topological polar surface area (TPSA) is 64.4 Å². The summed E-state index contributed by atoms with van der Waals surface area (Å²) in [4.78, 5) is 11.4. The monoisotopic (exact) mass is 214 g/mol. The van der Waals surface area contributed by atoms with Gasteiger partial charge in [-0.2, -0.15) is 0 Å². The molecule has 0 aromatic rings. The number of allylic oxidation sites excluding steroid dienone is 1. The highest BCUT2D eigenvalue weighted by molar-refractivity contribution is 5.81. The Morgan fingerprint density at radius 2 is 2.33 bits per heavy atom. The number of rotatable bonds is 8. The quantitative estimate of drug-likeness (QED) is 0.464. The average molecular weight is 214 g/mol. The summed E-state index contributed by atoms with van der Waals surface area (Å²) in [5.74, 6) is -0.0735. The standard InChI is InChI=1S/C11H22N2O2/c1-3-4-5-8-13-11(14)10(12)7-6-9-15-2/h3-4,10H,5-9,12H2,1-2H3,(H,13,14)/b4-3+. The lowest BCUT2D eigenvalue weighted by Gasteiger charge is -2.11. The Balaban J connectivity index is 3.51. The molecule has 0 rings (SSSR count). The maximum Gasteiger partial charge on any atom is 0.236 e. The SMILES string of the molecule is C/C=C/CCNC(=O)C(N)CCCOC. The number of nitrogens with one attached hydrogen (secondary N) is 1. The minimum absolute atomic E-state index is 0.0735. The van der Waals surface area contributed by atoms with E-state index in [4.69, 9.17) is 10.5 Å². The Bertz CT molecular complexity index is 193. The van der Waals surface area contributed by atoms with Gasteiger partial charge >= 0.3 is 0 Å². The van der Waals surface area contributed by atoms with Gasteiger partial charge in [-0.1, -0.05) is 12.2 Å². The maximum absolute atomic E-state index is 11.4. The van der Waals surface area contributed by atoms with Gasteiger partial charge in [0.1, 0.15) is 0 Å². The first-order chi connectivity index (χ1) is 7.22. The minimum Gasteiger partial charge on any atom is -0.385 e. The summed E-state index contributed by atoms with van der Waals surface area (Å²) < 4.78 is 4.89. The molecule has 3 N–H and O–H groups in total. The number of carbonyl (C=O) groups excluding carboxylic acids is 1. The normalized spacial score (nSPS) is 13.0. The molecule has 1 atom stereocenters. The first-order valence-electron chi connectivity index (χ1n) is 5.35. The van der Waals surface area contributed by atoms with Gasteiger partial charge in [0, 0.05) is 20.3 Å². The van der Waals surface area contributed by atoms with Crippen LogP contribution in [0.2, 0.25) is 0 Å². The zero-order valence-corrected chi connectivity index (χ0v) is 9.66. The van der Waals surface area contributed by atoms with Crippen molar-refractivity contribution in [3.63, 3.8) is 0 Å². The van der Waals surface area contributed by atoms with Crippen LogP contribution in [0.15, 0.2) is 12.2 Å². The van der Waals surface area contributed by atoms with E-state index in [1.165, 1.54) is 0 Å². The van der Waals surface area contributed by atoms with Crippen molar-refractivity contribution in [3.05, 3.63) is 12.2 Å². The van der Waals surface area contributed by atoms with Crippen molar-refractivity contribution in [2.75, 3.05) is 20.3 Å². The van der Waals surface area contributed by atoms with E-state index >= 15 is 0 Å². The largest absolute Gasteiger partial charge is 0.385 e. The number of carbonyl (C=O) groups is 1. The van der Waals surface area contributed by atoms with Gasteiger partial charge in [0.15, 0.2) is 0 Å². The number of amides is 1. The molecule has 1 amide bonds. The van der Waals surface area contributed by atoms with Gasteiger partial charge in [-0.15, -0.1) is 0 Å². The smallest absolute Gasteiger partial charge is 0.236 e. The van der Waals surface area contributed by atoms with Crippen LogP contribution in [0.5, 0.6) is 0 Å². The number of methoxy groups -OCH3 is 1. The average Bonchev–Trinajstić information content (AvgIpc) is 2.24. The van der Waals surface area contributed by atoms with Gasteiger partial charge in [0.25, 0.3) is 0 Å². The second-order valence-corrected chi connectivity index (χ2v) is 3.39. The molecule has 1 unspecified atom stereocenters. The summed E-state index contributed by atoms with van der Waals surface area (Å²) in [5.41, 5.74) is 5.69. The van der Waals surface area contributed by atoms with Crippen LogP contribution in [0.25, 0.3) is 0 Å². The summed E-state index contributed by atoms with van der Waals surface area (Å²) in [6.07, 6.45) is 6.32. The summed E-state index contributed by atoms with van der Waals surface area (Å²) in [5, 5.41) is 2.79. The molecule has 0 aliphatic rings. The van der Waals surface area contributed by atoms with Gasteiger partial charge in [-0.05, 0) is 26.2 Å². The fourth-order valence-corrected chi connectivity index (χ4v) is 1.16. The molecule has 0 aromatic carbocycles. The van der Waals surface area contributed by atoms with E-state index in [0.717, 1.165) is 12.8 Å². The predicted molar refractivity (Wildman–Crippen MR) is 61.5 cm³/mol. The third-order valence-corrected chi connectivity index (χ3v) is 2.05. The fraction of sp³-hybridized carbons (Fsp3) is 0.727. The van der Waals surface area contributed by atoms with Crippen LogP contribution in [0.4, 0.5) is 0 Å². The summed E-state index contributed by atoms with van der Waals surface area (Å²) in [6, 6.07) is -0.411. The zero-order valence-electron chi connectivity index (χ0n) is 9.66. The summed E-state index contributed by atoms with van der Waals surface area (Å²) in [7, 11) is 1.64. The molecular formula is C11H22N2O2. The van der Waals surface area contributed by atoms with Crippen molar-refractivity contribution in [1.29, 1.82) is 0 Å². The van der Waals surface area contributed by atoms with Crippen LogP contribution in [-0.4, -0.2) is 32.2 Å². The predicted octanol–water partition coefficient (Wildman–Crippen LogP) is 0.823. The third-order valence-electron chi connectivity index (χ3n) is 2.05. The van der Waals surface area contributed by atoms with Crippen LogP contribution < -0.4 is 11.1 Å².